The second-order valence-corrected chi connectivity index (χ2v) is 2.44. The number of hydrogen-bond acceptors (Lipinski definition) is 1. The minimum Gasteiger partial charge on any atom is -0.493 e. The van der Waals surface area contributed by atoms with Crippen LogP contribution in [0.4, 0.5) is 0 Å². The average Bonchev–Trinajstić information content (AvgIpc) is 2.01. The van der Waals surface area contributed by atoms with Gasteiger partial charge in [0.25, 0.3) is 0 Å². The maximum atomic E-state index is 10.9. The lowest BCUT2D eigenvalue weighted by Crippen LogP contribution is -2.54. The predicted octanol–water partition coefficient (Wildman–Crippen LogP) is 0.400. The summed E-state index contributed by atoms with van der Waals surface area (Å²) in [6.45, 7) is 1.91. The standard InChI is InChI=1S/C6H8N4O/c1-2-3-4-5(11)6(9-7)10(4)8/h4H,2-3H2,1H3. The Labute approximate surface area is 63.7 Å². The smallest absolute Gasteiger partial charge is 0.493 e. The van der Waals surface area contributed by atoms with Crippen LogP contribution in [0.1, 0.15) is 19.8 Å². The van der Waals surface area contributed by atoms with Gasteiger partial charge in [0.2, 0.25) is 6.04 Å². The summed E-state index contributed by atoms with van der Waals surface area (Å²) in [5.74, 6) is -0.555. The van der Waals surface area contributed by atoms with Gasteiger partial charge in [-0.25, -0.2) is 0 Å². The van der Waals surface area contributed by atoms with E-state index in [0.29, 0.717) is 11.1 Å². The quantitative estimate of drug-likeness (QED) is 0.320. The van der Waals surface area contributed by atoms with Gasteiger partial charge < -0.3 is 11.1 Å². The van der Waals surface area contributed by atoms with Crippen molar-refractivity contribution >= 4 is 11.6 Å². The van der Waals surface area contributed by atoms with Crippen LogP contribution >= 0.6 is 0 Å². The van der Waals surface area contributed by atoms with E-state index < -0.39 is 6.04 Å². The molecule has 0 saturated carbocycles. The molecule has 0 aromatic heterocycles. The van der Waals surface area contributed by atoms with Crippen molar-refractivity contribution in [2.24, 2.45) is 0 Å². The highest BCUT2D eigenvalue weighted by molar-refractivity contribution is 6.39. The Kier molecular flexibility index (Phi) is 1.92. The number of rotatable bonds is 2. The second kappa shape index (κ2) is 2.72. The highest BCUT2D eigenvalue weighted by atomic mass is 16.1. The van der Waals surface area contributed by atoms with E-state index in [1.165, 1.54) is 0 Å². The number of carbonyl (C=O) groups excluding carboxylic acids is 1. The van der Waals surface area contributed by atoms with Crippen LogP contribution in [0.2, 0.25) is 0 Å². The lowest BCUT2D eigenvalue weighted by Gasteiger charge is -2.17. The fraction of sp³-hybridized carbons (Fsp3) is 0.667. The van der Waals surface area contributed by atoms with Gasteiger partial charge >= 0.3 is 11.6 Å². The summed E-state index contributed by atoms with van der Waals surface area (Å²) >= 11 is 0. The molecule has 11 heavy (non-hydrogen) atoms. The van der Waals surface area contributed by atoms with E-state index in [2.05, 4.69) is 4.79 Å². The average molecular weight is 152 g/mol. The maximum Gasteiger partial charge on any atom is 0.587 e. The summed E-state index contributed by atoms with van der Waals surface area (Å²) in [5.41, 5.74) is 17.2. The van der Waals surface area contributed by atoms with Gasteiger partial charge in [-0.2, -0.15) is 4.70 Å². The van der Waals surface area contributed by atoms with Crippen LogP contribution in [0.5, 0.6) is 0 Å². The molecule has 0 aromatic rings. The van der Waals surface area contributed by atoms with Crippen molar-refractivity contribution in [3.05, 3.63) is 11.1 Å². The third kappa shape index (κ3) is 0.991. The molecule has 1 atom stereocenters. The molecule has 5 nitrogen and oxygen atoms in total. The SMILES string of the molecule is CCCC1C(=O)C(=[N+]=[N-])[N+]1=[N-]. The zero-order valence-corrected chi connectivity index (χ0v) is 6.19. The summed E-state index contributed by atoms with van der Waals surface area (Å²) in [6, 6.07) is -0.495. The summed E-state index contributed by atoms with van der Waals surface area (Å²) in [7, 11) is 0. The molecular weight excluding hydrogens is 144 g/mol. The number of ketones is 1. The molecule has 5 heteroatoms. The summed E-state index contributed by atoms with van der Waals surface area (Å²) in [6.07, 6.45) is 1.40. The molecule has 0 aliphatic carbocycles. The molecule has 58 valence electrons. The molecule has 0 aromatic carbocycles. The van der Waals surface area contributed by atoms with E-state index in [0.717, 1.165) is 6.42 Å². The van der Waals surface area contributed by atoms with E-state index in [1.54, 1.807) is 0 Å². The topological polar surface area (TPSA) is 78.8 Å². The summed E-state index contributed by atoms with van der Waals surface area (Å²) in [5, 5.41) is 0. The van der Waals surface area contributed by atoms with Crippen molar-refractivity contribution in [1.29, 1.82) is 0 Å². The van der Waals surface area contributed by atoms with Crippen molar-refractivity contribution in [3.63, 3.8) is 0 Å². The van der Waals surface area contributed by atoms with Crippen LogP contribution in [0.15, 0.2) is 0 Å². The fourth-order valence-electron chi connectivity index (χ4n) is 1.08. The molecular formula is C6H8N4O. The monoisotopic (exact) mass is 152 g/mol. The normalized spacial score (nSPS) is 23.0. The van der Waals surface area contributed by atoms with Gasteiger partial charge in [0.1, 0.15) is 0 Å². The van der Waals surface area contributed by atoms with Crippen LogP contribution < -0.4 is 0 Å². The van der Waals surface area contributed by atoms with E-state index in [1.807, 2.05) is 6.92 Å². The van der Waals surface area contributed by atoms with Crippen LogP contribution in [-0.2, 0) is 4.79 Å². The molecule has 0 bridgehead atoms. The number of nitrogens with zero attached hydrogens (tertiary/aromatic N) is 4. The van der Waals surface area contributed by atoms with Crippen LogP contribution in [0, 0.1) is 0 Å². The molecule has 1 aliphatic heterocycles. The minimum atomic E-state index is -0.495. The van der Waals surface area contributed by atoms with E-state index in [-0.39, 0.29) is 11.6 Å². The van der Waals surface area contributed by atoms with Crippen LogP contribution in [0.3, 0.4) is 0 Å². The second-order valence-electron chi connectivity index (χ2n) is 2.44. The zero-order valence-electron chi connectivity index (χ0n) is 6.19. The van der Waals surface area contributed by atoms with Gasteiger partial charge in [-0.1, -0.05) is 11.7 Å². The van der Waals surface area contributed by atoms with Gasteiger partial charge in [0, 0.05) is 6.42 Å². The molecule has 1 rings (SSSR count). The predicted molar refractivity (Wildman–Crippen MR) is 35.9 cm³/mol. The Morgan fingerprint density at radius 2 is 2.36 bits per heavy atom. The number of carbonyl (C=O) groups is 1. The first-order valence-electron chi connectivity index (χ1n) is 3.46. The van der Waals surface area contributed by atoms with E-state index in [4.69, 9.17) is 11.1 Å². The van der Waals surface area contributed by atoms with Crippen molar-refractivity contribution in [3.8, 4) is 0 Å². The summed E-state index contributed by atoms with van der Waals surface area (Å²) in [4.78, 5) is 13.5. The van der Waals surface area contributed by atoms with E-state index in [9.17, 15) is 4.79 Å². The van der Waals surface area contributed by atoms with Crippen molar-refractivity contribution in [1.82, 2.24) is 0 Å². The third-order valence-electron chi connectivity index (χ3n) is 1.69. The van der Waals surface area contributed by atoms with Gasteiger partial charge in [-0.05, 0) is 6.42 Å². The molecule has 0 amide bonds. The number of hydrogen-bond donors (Lipinski definition) is 0. The zero-order chi connectivity index (χ0) is 8.43. The summed E-state index contributed by atoms with van der Waals surface area (Å²) < 4.78 is 0.700. The Morgan fingerprint density at radius 1 is 1.73 bits per heavy atom. The first-order chi connectivity index (χ1) is 5.22. The number of amidine groups is 1. The molecule has 1 unspecified atom stereocenters. The Balaban J connectivity index is 2.72. The Hall–Kier alpha value is -1.35. The van der Waals surface area contributed by atoms with Gasteiger partial charge in [-0.3, -0.25) is 4.79 Å². The highest BCUT2D eigenvalue weighted by Crippen LogP contribution is 2.13. The maximum absolute atomic E-state index is 10.9. The van der Waals surface area contributed by atoms with Crippen molar-refractivity contribution in [2.75, 3.05) is 0 Å². The lowest BCUT2D eigenvalue weighted by atomic mass is 9.99. The van der Waals surface area contributed by atoms with Gasteiger partial charge in [0.05, 0.1) is 0 Å². The van der Waals surface area contributed by atoms with Crippen LogP contribution in [0.25, 0.3) is 11.1 Å². The molecule has 1 heterocycles. The lowest BCUT2D eigenvalue weighted by molar-refractivity contribution is -0.508. The fourth-order valence-corrected chi connectivity index (χ4v) is 1.08. The van der Waals surface area contributed by atoms with Crippen molar-refractivity contribution < 1.29 is 14.3 Å². The van der Waals surface area contributed by atoms with Crippen LogP contribution in [-0.4, -0.2) is 27.1 Å². The first-order valence-corrected chi connectivity index (χ1v) is 3.46. The van der Waals surface area contributed by atoms with Crippen molar-refractivity contribution in [2.45, 2.75) is 25.8 Å². The molecule has 1 aliphatic rings. The highest BCUT2D eigenvalue weighted by Gasteiger charge is 2.54. The number of Topliss-reactive ketones (excluding diaryl/α,β-unsaturated/α-hetero) is 1. The molecule has 0 spiro atoms. The Morgan fingerprint density at radius 3 is 2.73 bits per heavy atom. The largest absolute Gasteiger partial charge is 0.587 e. The molecule has 1 saturated heterocycles. The Bertz CT molecular complexity index is 246. The third-order valence-corrected chi connectivity index (χ3v) is 1.69. The molecule has 0 radical (unpaired) electrons. The molecule has 1 fully saturated rings. The molecule has 0 N–H and O–H groups in total. The van der Waals surface area contributed by atoms with Gasteiger partial charge in [-0.15, -0.1) is 0 Å². The first kappa shape index (κ1) is 7.75. The minimum absolute atomic E-state index is 0.261. The van der Waals surface area contributed by atoms with E-state index >= 15 is 0 Å². The van der Waals surface area contributed by atoms with Gasteiger partial charge in [0.15, 0.2) is 0 Å².